The molecule has 0 bridgehead atoms. The van der Waals surface area contributed by atoms with Gasteiger partial charge in [0.25, 0.3) is 0 Å². The van der Waals surface area contributed by atoms with Crippen LogP contribution in [0.3, 0.4) is 0 Å². The Morgan fingerprint density at radius 1 is 0.460 bits per heavy atom. The van der Waals surface area contributed by atoms with E-state index in [1.807, 2.05) is 21.1 Å². The van der Waals surface area contributed by atoms with Crippen LogP contribution in [0.4, 0.5) is 0 Å². The highest BCUT2D eigenvalue weighted by Crippen LogP contribution is 2.17. The van der Waals surface area contributed by atoms with E-state index in [0.717, 1.165) is 51.4 Å². The molecule has 0 aromatic rings. The third-order valence-electron chi connectivity index (χ3n) is 12.7. The number of likely N-dealkylation sites (N-methyl/N-ethyl adjacent to an activating group) is 1. The number of nitrogens with zero attached hydrogens (tertiary/aromatic N) is 1. The summed E-state index contributed by atoms with van der Waals surface area (Å²) in [6, 6.07) is -0.724. The van der Waals surface area contributed by atoms with E-state index in [1.165, 1.54) is 186 Å². The Balaban J connectivity index is 4.14. The van der Waals surface area contributed by atoms with E-state index < -0.39 is 18.1 Å². The predicted molar refractivity (Wildman–Crippen MR) is 264 cm³/mol. The molecule has 8 nitrogen and oxygen atoms in total. The van der Waals surface area contributed by atoms with E-state index in [-0.39, 0.29) is 42.7 Å². The van der Waals surface area contributed by atoms with Gasteiger partial charge in [-0.2, -0.15) is 0 Å². The number of carbonyl (C=O) groups is 3. The van der Waals surface area contributed by atoms with Crippen molar-refractivity contribution < 1.29 is 38.2 Å². The zero-order chi connectivity index (χ0) is 46.3. The molecule has 0 saturated carbocycles. The summed E-state index contributed by atoms with van der Waals surface area (Å²) in [6.45, 7) is 4.70. The number of quaternary nitrogens is 1. The van der Waals surface area contributed by atoms with Gasteiger partial charge in [0.2, 0.25) is 0 Å². The maximum atomic E-state index is 12.8. The van der Waals surface area contributed by atoms with Crippen LogP contribution in [-0.2, 0) is 28.6 Å². The van der Waals surface area contributed by atoms with Crippen molar-refractivity contribution in [3.8, 4) is 0 Å². The van der Waals surface area contributed by atoms with Crippen LogP contribution in [0.25, 0.3) is 0 Å². The molecule has 0 aliphatic heterocycles. The number of unbranched alkanes of at least 4 members (excludes halogenated alkanes) is 34. The Hall–Kier alpha value is -1.93. The van der Waals surface area contributed by atoms with Gasteiger partial charge < -0.3 is 28.6 Å². The maximum absolute atomic E-state index is 12.8. The van der Waals surface area contributed by atoms with Gasteiger partial charge in [0.05, 0.1) is 40.3 Å². The Labute approximate surface area is 390 Å². The summed E-state index contributed by atoms with van der Waals surface area (Å²) in [5.74, 6) is -1.72. The first-order valence-corrected chi connectivity index (χ1v) is 27.2. The van der Waals surface area contributed by atoms with Gasteiger partial charge in [-0.05, 0) is 38.5 Å². The standard InChI is InChI=1S/C55H105NO7/c1-6-8-10-12-14-16-18-20-22-24-25-26-27-28-29-30-32-33-35-37-39-41-43-45-53(57)62-50-51(49-61-48-47-52(55(59)60)56(3,4)5)63-54(58)46-44-42-40-38-36-34-31-23-21-19-17-15-13-11-9-7-2/h23,31,51-52H,6-22,24-30,32-50H2,1-5H3/b31-23+. The van der Waals surface area contributed by atoms with Gasteiger partial charge in [0.15, 0.2) is 6.10 Å². The molecule has 0 N–H and O–H groups in total. The summed E-state index contributed by atoms with van der Waals surface area (Å²) in [7, 11) is 5.43. The first-order valence-electron chi connectivity index (χ1n) is 27.2. The van der Waals surface area contributed by atoms with Crippen LogP contribution >= 0.6 is 0 Å². The van der Waals surface area contributed by atoms with E-state index in [2.05, 4.69) is 26.0 Å². The molecule has 372 valence electrons. The SMILES string of the molecule is CCCCCCCCC/C=C/CCCCCCCC(=O)OC(COCCC(C(=O)[O-])[N+](C)(C)C)COC(=O)CCCCCCCCCCCCCCCCCCCCCCCCC. The summed E-state index contributed by atoms with van der Waals surface area (Å²) in [4.78, 5) is 37.1. The predicted octanol–water partition coefficient (Wildman–Crippen LogP) is 14.5. The minimum atomic E-state index is -1.12. The van der Waals surface area contributed by atoms with Gasteiger partial charge >= 0.3 is 11.9 Å². The highest BCUT2D eigenvalue weighted by Gasteiger charge is 2.25. The van der Waals surface area contributed by atoms with E-state index in [9.17, 15) is 19.5 Å². The molecule has 0 heterocycles. The summed E-state index contributed by atoms with van der Waals surface area (Å²) in [6.07, 6.45) is 52.5. The maximum Gasteiger partial charge on any atom is 0.306 e. The largest absolute Gasteiger partial charge is 0.544 e. The van der Waals surface area contributed by atoms with Crippen molar-refractivity contribution in [1.82, 2.24) is 0 Å². The van der Waals surface area contributed by atoms with Gasteiger partial charge in [0, 0.05) is 19.3 Å². The van der Waals surface area contributed by atoms with Crippen molar-refractivity contribution in [2.75, 3.05) is 41.0 Å². The van der Waals surface area contributed by atoms with Crippen molar-refractivity contribution in [1.29, 1.82) is 0 Å². The lowest BCUT2D eigenvalue weighted by Crippen LogP contribution is -2.55. The van der Waals surface area contributed by atoms with Crippen LogP contribution in [0.5, 0.6) is 0 Å². The molecule has 0 aliphatic carbocycles. The Morgan fingerprint density at radius 3 is 1.14 bits per heavy atom. The molecule has 0 aromatic heterocycles. The number of aliphatic carboxylic acids is 1. The zero-order valence-electron chi connectivity index (χ0n) is 42.5. The number of ether oxygens (including phenoxy) is 3. The molecule has 0 saturated heterocycles. The van der Waals surface area contributed by atoms with Crippen molar-refractivity contribution in [2.45, 2.75) is 283 Å². The summed E-state index contributed by atoms with van der Waals surface area (Å²) < 4.78 is 17.3. The summed E-state index contributed by atoms with van der Waals surface area (Å²) >= 11 is 0. The second-order valence-corrected chi connectivity index (χ2v) is 19.8. The van der Waals surface area contributed by atoms with Gasteiger partial charge in [-0.1, -0.05) is 225 Å². The third-order valence-corrected chi connectivity index (χ3v) is 12.7. The average Bonchev–Trinajstić information content (AvgIpc) is 3.24. The van der Waals surface area contributed by atoms with Crippen LogP contribution in [-0.4, -0.2) is 75.5 Å². The smallest absolute Gasteiger partial charge is 0.306 e. The minimum Gasteiger partial charge on any atom is -0.544 e. The first kappa shape index (κ1) is 61.1. The van der Waals surface area contributed by atoms with Gasteiger partial charge in [0.1, 0.15) is 12.6 Å². The van der Waals surface area contributed by atoms with Crippen molar-refractivity contribution in [3.63, 3.8) is 0 Å². The zero-order valence-corrected chi connectivity index (χ0v) is 42.5. The van der Waals surface area contributed by atoms with Crippen LogP contribution in [0.2, 0.25) is 0 Å². The molecule has 0 radical (unpaired) electrons. The number of allylic oxidation sites excluding steroid dienone is 2. The lowest BCUT2D eigenvalue weighted by atomic mass is 10.0. The van der Waals surface area contributed by atoms with Crippen molar-refractivity contribution >= 4 is 17.9 Å². The fourth-order valence-corrected chi connectivity index (χ4v) is 8.42. The quantitative estimate of drug-likeness (QED) is 0.0259. The van der Waals surface area contributed by atoms with Gasteiger partial charge in [-0.25, -0.2) is 0 Å². The lowest BCUT2D eigenvalue weighted by molar-refractivity contribution is -0.889. The monoisotopic (exact) mass is 892 g/mol. The van der Waals surface area contributed by atoms with E-state index in [4.69, 9.17) is 14.2 Å². The van der Waals surface area contributed by atoms with Gasteiger partial charge in [-0.15, -0.1) is 0 Å². The van der Waals surface area contributed by atoms with Crippen LogP contribution < -0.4 is 5.11 Å². The van der Waals surface area contributed by atoms with Crippen molar-refractivity contribution in [2.24, 2.45) is 0 Å². The van der Waals surface area contributed by atoms with Crippen molar-refractivity contribution in [3.05, 3.63) is 12.2 Å². The second-order valence-electron chi connectivity index (χ2n) is 19.8. The second kappa shape index (κ2) is 46.6. The fourth-order valence-electron chi connectivity index (χ4n) is 8.42. The topological polar surface area (TPSA) is 102 Å². The van der Waals surface area contributed by atoms with Crippen LogP contribution in [0.1, 0.15) is 271 Å². The molecule has 8 heteroatoms. The molecule has 0 spiro atoms. The Morgan fingerprint density at radius 2 is 0.794 bits per heavy atom. The fraction of sp³-hybridized carbons (Fsp3) is 0.909. The highest BCUT2D eigenvalue weighted by atomic mass is 16.6. The average molecular weight is 892 g/mol. The van der Waals surface area contributed by atoms with Crippen LogP contribution in [0.15, 0.2) is 12.2 Å². The van der Waals surface area contributed by atoms with E-state index >= 15 is 0 Å². The normalized spacial score (nSPS) is 12.8. The summed E-state index contributed by atoms with van der Waals surface area (Å²) in [5, 5.41) is 11.7. The molecule has 0 rings (SSSR count). The molecule has 63 heavy (non-hydrogen) atoms. The third kappa shape index (κ3) is 45.0. The summed E-state index contributed by atoms with van der Waals surface area (Å²) in [5.41, 5.74) is 0. The number of carboxylic acids is 1. The van der Waals surface area contributed by atoms with Gasteiger partial charge in [-0.3, -0.25) is 9.59 Å². The number of esters is 2. The molecule has 2 unspecified atom stereocenters. The molecule has 0 aromatic carbocycles. The molecule has 0 aliphatic rings. The highest BCUT2D eigenvalue weighted by molar-refractivity contribution is 5.70. The van der Waals surface area contributed by atoms with E-state index in [1.54, 1.807) is 0 Å². The van der Waals surface area contributed by atoms with Crippen LogP contribution in [0, 0.1) is 0 Å². The number of hydrogen-bond acceptors (Lipinski definition) is 7. The number of carboxylic acid groups (broad SMARTS) is 1. The first-order chi connectivity index (χ1) is 30.6. The molecule has 0 amide bonds. The lowest BCUT2D eigenvalue weighted by Gasteiger charge is -2.34. The number of rotatable bonds is 50. The Kier molecular flexibility index (Phi) is 45.2. The molecule has 0 fully saturated rings. The molecular formula is C55H105NO7. The minimum absolute atomic E-state index is 0.0435. The Bertz CT molecular complexity index is 1040. The molecular weight excluding hydrogens is 787 g/mol. The number of hydrogen-bond donors (Lipinski definition) is 0. The van der Waals surface area contributed by atoms with E-state index in [0.29, 0.717) is 12.8 Å². The molecule has 2 atom stereocenters. The number of carbonyl (C=O) groups excluding carboxylic acids is 3.